The van der Waals surface area contributed by atoms with E-state index in [2.05, 4.69) is 9.88 Å². The molecule has 0 amide bonds. The molecule has 0 unspecified atom stereocenters. The standard InChI is InChI=1S/C19H23FN4O/c1-23(2)18-21-9-15-11-25-13-19(17(15)22-18)7-8-24(12-19)10-14-3-5-16(20)6-4-14/h3-6,9H,7-8,10-13H2,1-2H3/t19-/m1/s1. The Labute approximate surface area is 147 Å². The van der Waals surface area contributed by atoms with Crippen LogP contribution in [-0.4, -0.2) is 48.7 Å². The molecule has 4 rings (SSSR count). The Kier molecular flexibility index (Phi) is 4.17. The third kappa shape index (κ3) is 3.12. The van der Waals surface area contributed by atoms with Gasteiger partial charge in [0, 0.05) is 38.9 Å². The third-order valence-electron chi connectivity index (χ3n) is 5.14. The van der Waals surface area contributed by atoms with Crippen LogP contribution >= 0.6 is 0 Å². The Bertz CT molecular complexity index is 765. The fourth-order valence-corrected chi connectivity index (χ4v) is 3.85. The molecule has 2 aliphatic rings. The van der Waals surface area contributed by atoms with Gasteiger partial charge in [0.15, 0.2) is 0 Å². The van der Waals surface area contributed by atoms with E-state index in [-0.39, 0.29) is 11.2 Å². The van der Waals surface area contributed by atoms with Crippen LogP contribution < -0.4 is 4.90 Å². The van der Waals surface area contributed by atoms with Crippen LogP contribution in [0.3, 0.4) is 0 Å². The molecule has 1 aromatic carbocycles. The predicted molar refractivity (Wildman–Crippen MR) is 94.0 cm³/mol. The highest BCUT2D eigenvalue weighted by Gasteiger charge is 2.44. The van der Waals surface area contributed by atoms with Crippen molar-refractivity contribution in [3.63, 3.8) is 0 Å². The van der Waals surface area contributed by atoms with E-state index in [1.54, 1.807) is 0 Å². The number of ether oxygens (including phenoxy) is 1. The summed E-state index contributed by atoms with van der Waals surface area (Å²) in [6.45, 7) is 4.00. The number of anilines is 1. The SMILES string of the molecule is CN(C)c1ncc2c(n1)[C@@]1(CCN(Cc3ccc(F)cc3)C1)COC2. The molecule has 2 aliphatic heterocycles. The number of fused-ring (bicyclic) bond motifs is 2. The van der Waals surface area contributed by atoms with Crippen molar-refractivity contribution in [2.24, 2.45) is 0 Å². The van der Waals surface area contributed by atoms with Crippen molar-refractivity contribution in [1.82, 2.24) is 14.9 Å². The van der Waals surface area contributed by atoms with Gasteiger partial charge < -0.3 is 9.64 Å². The van der Waals surface area contributed by atoms with Crippen molar-refractivity contribution < 1.29 is 9.13 Å². The molecule has 6 heteroatoms. The first-order valence-electron chi connectivity index (χ1n) is 8.64. The summed E-state index contributed by atoms with van der Waals surface area (Å²) in [6, 6.07) is 6.77. The van der Waals surface area contributed by atoms with Crippen LogP contribution in [0.4, 0.5) is 10.3 Å². The summed E-state index contributed by atoms with van der Waals surface area (Å²) >= 11 is 0. The van der Waals surface area contributed by atoms with E-state index in [9.17, 15) is 4.39 Å². The molecule has 5 nitrogen and oxygen atoms in total. The van der Waals surface area contributed by atoms with Crippen LogP contribution in [0.5, 0.6) is 0 Å². The second kappa shape index (κ2) is 6.35. The van der Waals surface area contributed by atoms with Gasteiger partial charge in [0.1, 0.15) is 5.82 Å². The van der Waals surface area contributed by atoms with Gasteiger partial charge >= 0.3 is 0 Å². The van der Waals surface area contributed by atoms with Crippen molar-refractivity contribution in [2.75, 3.05) is 38.7 Å². The highest BCUT2D eigenvalue weighted by molar-refractivity contribution is 5.37. The van der Waals surface area contributed by atoms with Crippen molar-refractivity contribution in [2.45, 2.75) is 25.0 Å². The molecule has 1 atom stereocenters. The molecular formula is C19H23FN4O. The quantitative estimate of drug-likeness (QED) is 0.856. The fraction of sp³-hybridized carbons (Fsp3) is 0.474. The van der Waals surface area contributed by atoms with Gasteiger partial charge in [-0.1, -0.05) is 12.1 Å². The number of hydrogen-bond donors (Lipinski definition) is 0. The number of aromatic nitrogens is 2. The smallest absolute Gasteiger partial charge is 0.225 e. The largest absolute Gasteiger partial charge is 0.376 e. The summed E-state index contributed by atoms with van der Waals surface area (Å²) in [5, 5.41) is 0. The zero-order chi connectivity index (χ0) is 17.4. The van der Waals surface area contributed by atoms with E-state index in [0.29, 0.717) is 13.2 Å². The first-order chi connectivity index (χ1) is 12.1. The molecule has 132 valence electrons. The van der Waals surface area contributed by atoms with E-state index in [0.717, 1.165) is 48.8 Å². The second-order valence-corrected chi connectivity index (χ2v) is 7.30. The lowest BCUT2D eigenvalue weighted by molar-refractivity contribution is 0.0503. The highest BCUT2D eigenvalue weighted by Crippen LogP contribution is 2.39. The van der Waals surface area contributed by atoms with Crippen LogP contribution in [0.25, 0.3) is 0 Å². The maximum atomic E-state index is 13.1. The van der Waals surface area contributed by atoms with E-state index in [1.165, 1.54) is 12.1 Å². The molecule has 0 bridgehead atoms. The molecule has 1 saturated heterocycles. The maximum absolute atomic E-state index is 13.1. The Morgan fingerprint density at radius 2 is 2.08 bits per heavy atom. The van der Waals surface area contributed by atoms with Gasteiger partial charge in [-0.25, -0.2) is 14.4 Å². The monoisotopic (exact) mass is 342 g/mol. The van der Waals surface area contributed by atoms with E-state index in [4.69, 9.17) is 9.72 Å². The first kappa shape index (κ1) is 16.4. The fourth-order valence-electron chi connectivity index (χ4n) is 3.85. The van der Waals surface area contributed by atoms with Gasteiger partial charge in [-0.15, -0.1) is 0 Å². The molecular weight excluding hydrogens is 319 g/mol. The molecule has 1 aromatic heterocycles. The maximum Gasteiger partial charge on any atom is 0.225 e. The molecule has 3 heterocycles. The Balaban J connectivity index is 1.58. The van der Waals surface area contributed by atoms with Crippen LogP contribution in [0.1, 0.15) is 23.2 Å². The van der Waals surface area contributed by atoms with Crippen molar-refractivity contribution in [3.05, 3.63) is 53.1 Å². The lowest BCUT2D eigenvalue weighted by atomic mass is 9.80. The number of nitrogens with zero attached hydrogens (tertiary/aromatic N) is 4. The van der Waals surface area contributed by atoms with E-state index in [1.807, 2.05) is 37.3 Å². The number of rotatable bonds is 3. The Morgan fingerprint density at radius 3 is 2.84 bits per heavy atom. The number of likely N-dealkylation sites (tertiary alicyclic amines) is 1. The number of hydrogen-bond acceptors (Lipinski definition) is 5. The zero-order valence-corrected chi connectivity index (χ0v) is 14.7. The van der Waals surface area contributed by atoms with Crippen molar-refractivity contribution in [3.8, 4) is 0 Å². The molecule has 0 N–H and O–H groups in total. The summed E-state index contributed by atoms with van der Waals surface area (Å²) in [4.78, 5) is 13.6. The van der Waals surface area contributed by atoms with Gasteiger partial charge in [0.05, 0.1) is 24.3 Å². The Morgan fingerprint density at radius 1 is 1.28 bits per heavy atom. The highest BCUT2D eigenvalue weighted by atomic mass is 19.1. The molecule has 0 radical (unpaired) electrons. The molecule has 0 saturated carbocycles. The average Bonchev–Trinajstić information content (AvgIpc) is 3.00. The van der Waals surface area contributed by atoms with Crippen LogP contribution in [0.2, 0.25) is 0 Å². The van der Waals surface area contributed by atoms with Crippen molar-refractivity contribution in [1.29, 1.82) is 0 Å². The molecule has 1 fully saturated rings. The van der Waals surface area contributed by atoms with Crippen LogP contribution in [0, 0.1) is 5.82 Å². The van der Waals surface area contributed by atoms with Gasteiger partial charge in [0.2, 0.25) is 5.95 Å². The Hall–Kier alpha value is -2.05. The summed E-state index contributed by atoms with van der Waals surface area (Å²) in [6.07, 6.45) is 2.92. The molecule has 0 aliphatic carbocycles. The zero-order valence-electron chi connectivity index (χ0n) is 14.7. The van der Waals surface area contributed by atoms with Crippen LogP contribution in [0.15, 0.2) is 30.5 Å². The van der Waals surface area contributed by atoms with E-state index < -0.39 is 0 Å². The second-order valence-electron chi connectivity index (χ2n) is 7.30. The van der Waals surface area contributed by atoms with Gasteiger partial charge in [-0.2, -0.15) is 0 Å². The minimum atomic E-state index is -0.191. The predicted octanol–water partition coefficient (Wildman–Crippen LogP) is 2.36. The normalized spacial score (nSPS) is 23.0. The van der Waals surface area contributed by atoms with E-state index >= 15 is 0 Å². The number of halogens is 1. The summed E-state index contributed by atoms with van der Waals surface area (Å²) < 4.78 is 19.0. The topological polar surface area (TPSA) is 41.5 Å². The summed E-state index contributed by atoms with van der Waals surface area (Å²) in [5.41, 5.74) is 3.30. The minimum Gasteiger partial charge on any atom is -0.376 e. The third-order valence-corrected chi connectivity index (χ3v) is 5.14. The van der Waals surface area contributed by atoms with Gasteiger partial charge in [-0.05, 0) is 30.7 Å². The average molecular weight is 342 g/mol. The summed E-state index contributed by atoms with van der Waals surface area (Å²) in [7, 11) is 3.92. The van der Waals surface area contributed by atoms with Crippen molar-refractivity contribution >= 4 is 5.95 Å². The molecule has 25 heavy (non-hydrogen) atoms. The lowest BCUT2D eigenvalue weighted by Crippen LogP contribution is -2.40. The first-order valence-corrected chi connectivity index (χ1v) is 8.64. The van der Waals surface area contributed by atoms with Gasteiger partial charge in [-0.3, -0.25) is 4.90 Å². The lowest BCUT2D eigenvalue weighted by Gasteiger charge is -2.34. The van der Waals surface area contributed by atoms with Crippen LogP contribution in [-0.2, 0) is 23.3 Å². The summed E-state index contributed by atoms with van der Waals surface area (Å²) in [5.74, 6) is 0.557. The number of benzene rings is 1. The molecule has 2 aromatic rings. The molecule has 1 spiro atoms. The minimum absolute atomic E-state index is 0.0681. The van der Waals surface area contributed by atoms with Gasteiger partial charge in [0.25, 0.3) is 0 Å².